The molecular formula is C133H78N10O4S. The lowest BCUT2D eigenvalue weighted by molar-refractivity contribution is 0.668. The smallest absolute Gasteiger partial charge is 0.135 e. The van der Waals surface area contributed by atoms with Crippen molar-refractivity contribution in [3.8, 4) is 84.1 Å². The molecule has 0 atom stereocenters. The van der Waals surface area contributed by atoms with Gasteiger partial charge in [-0.25, -0.2) is 0 Å². The van der Waals surface area contributed by atoms with Gasteiger partial charge in [0.1, 0.15) is 44.7 Å². The van der Waals surface area contributed by atoms with Crippen molar-refractivity contribution in [3.63, 3.8) is 0 Å². The normalized spacial score (nSPS) is 12.1. The molecule has 0 aliphatic heterocycles. The van der Waals surface area contributed by atoms with Crippen LogP contribution in [0.25, 0.3) is 301 Å². The minimum atomic E-state index is 0.859. The topological polar surface area (TPSA) is 142 Å². The molecule has 690 valence electrons. The van der Waals surface area contributed by atoms with Crippen molar-refractivity contribution >= 4 is 228 Å². The Hall–Kier alpha value is -19.9. The summed E-state index contributed by atoms with van der Waals surface area (Å²) in [5, 5.41) is 22.0. The first-order chi connectivity index (χ1) is 73.3. The number of aromatic nitrogens is 10. The highest BCUT2D eigenvalue weighted by atomic mass is 32.1. The van der Waals surface area contributed by atoms with Crippen molar-refractivity contribution in [3.05, 3.63) is 474 Å². The third kappa shape index (κ3) is 13.1. The number of rotatable bonds is 10. The minimum absolute atomic E-state index is 0.859. The summed E-state index contributed by atoms with van der Waals surface area (Å²) in [6.07, 6.45) is 16.9. The van der Waals surface area contributed by atoms with E-state index in [-0.39, 0.29) is 0 Å². The van der Waals surface area contributed by atoms with E-state index in [0.717, 1.165) is 204 Å². The number of furan rings is 4. The molecular weight excluding hydrogens is 1830 g/mol. The maximum absolute atomic E-state index is 6.52. The molecule has 18 aromatic carbocycles. The molecule has 0 radical (unpaired) electrons. The number of pyridine rings is 5. The Labute approximate surface area is 846 Å². The zero-order chi connectivity index (χ0) is 96.9. The highest BCUT2D eigenvalue weighted by molar-refractivity contribution is 7.25. The number of fused-ring (bicyclic) bond motifs is 30. The van der Waals surface area contributed by atoms with E-state index in [1.807, 2.05) is 91.4 Å². The van der Waals surface area contributed by atoms with Gasteiger partial charge in [-0.2, -0.15) is 0 Å². The van der Waals surface area contributed by atoms with Crippen LogP contribution in [-0.4, -0.2) is 47.8 Å². The van der Waals surface area contributed by atoms with Gasteiger partial charge in [0.25, 0.3) is 0 Å². The fraction of sp³-hybridized carbons (Fsp3) is 0. The van der Waals surface area contributed by atoms with Crippen LogP contribution in [0.3, 0.4) is 0 Å². The van der Waals surface area contributed by atoms with Crippen LogP contribution in [0.4, 0.5) is 0 Å². The zero-order valence-electron chi connectivity index (χ0n) is 79.0. The van der Waals surface area contributed by atoms with Gasteiger partial charge in [0, 0.05) is 184 Å². The van der Waals surface area contributed by atoms with Crippen LogP contribution in [0.2, 0.25) is 0 Å². The molecule has 0 saturated carbocycles. The Morgan fingerprint density at radius 1 is 0.155 bits per heavy atom. The summed E-state index contributed by atoms with van der Waals surface area (Å²) in [6, 6.07) is 150. The zero-order valence-corrected chi connectivity index (χ0v) is 79.9. The maximum atomic E-state index is 6.52. The lowest BCUT2D eigenvalue weighted by atomic mass is 9.97. The summed E-state index contributed by atoms with van der Waals surface area (Å²) in [6.45, 7) is 0. The number of nitrogens with zero attached hydrogens (tertiary/aromatic N) is 10. The number of hydrogen-bond acceptors (Lipinski definition) is 10. The number of thiophene rings is 1. The number of benzene rings is 18. The van der Waals surface area contributed by atoms with Gasteiger partial charge in [-0.3, -0.25) is 24.9 Å². The van der Waals surface area contributed by atoms with Gasteiger partial charge < -0.3 is 40.5 Å². The van der Waals surface area contributed by atoms with E-state index in [2.05, 4.69) is 442 Å². The number of hydrogen-bond donors (Lipinski definition) is 0. The van der Waals surface area contributed by atoms with E-state index in [1.165, 1.54) is 96.8 Å². The molecule has 0 aliphatic carbocycles. The van der Waals surface area contributed by atoms with Gasteiger partial charge in [0.05, 0.1) is 73.1 Å². The minimum Gasteiger partial charge on any atom is -0.456 e. The third-order valence-electron chi connectivity index (χ3n) is 30.0. The fourth-order valence-electron chi connectivity index (χ4n) is 23.3. The molecule has 33 rings (SSSR count). The van der Waals surface area contributed by atoms with Gasteiger partial charge in [0.2, 0.25) is 0 Å². The second-order valence-corrected chi connectivity index (χ2v) is 39.3. The van der Waals surface area contributed by atoms with Crippen LogP contribution < -0.4 is 0 Å². The van der Waals surface area contributed by atoms with Crippen LogP contribution in [-0.2, 0) is 0 Å². The molecule has 0 amide bonds. The molecule has 148 heavy (non-hydrogen) atoms. The van der Waals surface area contributed by atoms with Crippen molar-refractivity contribution in [2.24, 2.45) is 0 Å². The van der Waals surface area contributed by atoms with E-state index in [0.29, 0.717) is 0 Å². The molecule has 15 aromatic heterocycles. The molecule has 33 aromatic rings. The first-order valence-electron chi connectivity index (χ1n) is 49.6. The van der Waals surface area contributed by atoms with Crippen molar-refractivity contribution < 1.29 is 17.7 Å². The summed E-state index contributed by atoms with van der Waals surface area (Å²) >= 11 is 1.85. The highest BCUT2D eigenvalue weighted by Gasteiger charge is 2.25. The molecule has 15 heteroatoms. The third-order valence-corrected chi connectivity index (χ3v) is 31.2. The SMILES string of the molecule is c1cc(-c2ccc3oc4ccccc4c3c2)cc(-c2ccc3oc4ccc(-n5c6cnccc6c6ncccc65)cc4c3c2)c1.c1ccc(-c2ccc3sc4ccc(-c5ccc6oc7ccc(-n8c9ccncc9c9cnccc98)cc7c6c5)cc4c3c2)cc1.c1ccc2c(c1)c1ccccc1n2-c1cc(-c2ccc3oc4ccc(-n5c6ccccc6c6ccncc65)cc4c3c2)cc(-n2c3ccccc3c3ccccc32)c1. The monoisotopic (exact) mass is 1910 g/mol. The molecule has 0 aliphatic rings. The summed E-state index contributed by atoms with van der Waals surface area (Å²) in [5.41, 5.74) is 36.3. The molecule has 0 saturated heterocycles. The van der Waals surface area contributed by atoms with Gasteiger partial charge in [-0.05, 0) is 280 Å². The van der Waals surface area contributed by atoms with E-state index in [9.17, 15) is 0 Å². The van der Waals surface area contributed by atoms with Gasteiger partial charge in [-0.15, -0.1) is 11.3 Å². The second-order valence-electron chi connectivity index (χ2n) is 38.2. The standard InChI is InChI=1S/C53H32N4O.C40H23N3O2.C40H23N3OS/c1-7-17-47-38(11-1)39-12-2-8-18-48(39)56(47)36-27-34(28-37(30-36)57-49-19-9-3-13-40(49)41-14-4-10-20-50(41)57)33-21-23-52-44(29-33)45-31-35(22-24-53(45)58-52)55-46-16-6-5-15-42(46)43-25-26-54-32-51(43)55;1-2-9-36-29(7-1)31-20-26(10-13-37(31)44-36)24-5-3-6-25(19-24)27-11-14-38-32(21-27)33-22-28(12-15-39(33)45-38)43-34-8-4-17-42-40(34)30-16-18-41-23-35(30)43;1-2-4-24(5-3-1)25-7-12-39-31(19-25)32-20-27(8-13-40(32)45-39)26-6-10-37-29(18-26)30-21-28(9-11-38(30)44-37)43-35-14-16-41-22-33(35)34-23-42-17-15-36(34)43/h1-32H;2*1-23H. The first kappa shape index (κ1) is 82.8. The fourth-order valence-corrected chi connectivity index (χ4v) is 24.3. The lowest BCUT2D eigenvalue weighted by Crippen LogP contribution is -2.00. The Morgan fingerprint density at radius 3 is 0.926 bits per heavy atom. The number of para-hydroxylation sites is 6. The van der Waals surface area contributed by atoms with Gasteiger partial charge in [0.15, 0.2) is 0 Å². The molecule has 0 fully saturated rings. The Kier molecular flexibility index (Phi) is 18.4. The van der Waals surface area contributed by atoms with E-state index < -0.39 is 0 Å². The van der Waals surface area contributed by atoms with Gasteiger partial charge >= 0.3 is 0 Å². The summed E-state index contributed by atoms with van der Waals surface area (Å²) < 4.78 is 39.5. The van der Waals surface area contributed by atoms with E-state index in [1.54, 1.807) is 0 Å². The van der Waals surface area contributed by atoms with E-state index >= 15 is 0 Å². The average molecular weight is 1910 g/mol. The molecule has 14 nitrogen and oxygen atoms in total. The van der Waals surface area contributed by atoms with Gasteiger partial charge in [-0.1, -0.05) is 194 Å². The summed E-state index contributed by atoms with van der Waals surface area (Å²) in [4.78, 5) is 22.4. The molecule has 15 heterocycles. The average Bonchev–Trinajstić information content (AvgIpc) is 1.58. The van der Waals surface area contributed by atoms with Crippen molar-refractivity contribution in [1.82, 2.24) is 47.8 Å². The predicted molar refractivity (Wildman–Crippen MR) is 609 cm³/mol. The predicted octanol–water partition coefficient (Wildman–Crippen LogP) is 35.8. The van der Waals surface area contributed by atoms with Crippen LogP contribution in [0.15, 0.2) is 492 Å². The largest absolute Gasteiger partial charge is 0.456 e. The van der Waals surface area contributed by atoms with Crippen LogP contribution in [0.5, 0.6) is 0 Å². The molecule has 0 spiro atoms. The second kappa shape index (κ2) is 32.8. The quantitative estimate of drug-likeness (QED) is 0.131. The lowest BCUT2D eigenvalue weighted by Gasteiger charge is -2.16. The molecule has 0 unspecified atom stereocenters. The maximum Gasteiger partial charge on any atom is 0.135 e. The van der Waals surface area contributed by atoms with Crippen molar-refractivity contribution in [1.29, 1.82) is 0 Å². The van der Waals surface area contributed by atoms with Crippen LogP contribution in [0, 0.1) is 0 Å². The highest BCUT2D eigenvalue weighted by Crippen LogP contribution is 2.48. The van der Waals surface area contributed by atoms with Crippen LogP contribution >= 0.6 is 11.3 Å². The van der Waals surface area contributed by atoms with Crippen LogP contribution in [0.1, 0.15) is 0 Å². The Bertz CT molecular complexity index is 11000. The molecule has 0 bridgehead atoms. The Morgan fingerprint density at radius 2 is 0.459 bits per heavy atom. The Balaban J connectivity index is 0.000000102. The molecule has 0 N–H and O–H groups in total. The summed E-state index contributed by atoms with van der Waals surface area (Å²) in [5.74, 6) is 0. The van der Waals surface area contributed by atoms with Crippen molar-refractivity contribution in [2.75, 3.05) is 0 Å². The summed E-state index contributed by atoms with van der Waals surface area (Å²) in [7, 11) is 0. The first-order valence-corrected chi connectivity index (χ1v) is 50.4. The van der Waals surface area contributed by atoms with Crippen molar-refractivity contribution in [2.45, 2.75) is 0 Å². The van der Waals surface area contributed by atoms with E-state index in [4.69, 9.17) is 17.7 Å².